The number of rotatable bonds is 11. The van der Waals surface area contributed by atoms with E-state index in [0.29, 0.717) is 84.2 Å². The van der Waals surface area contributed by atoms with Gasteiger partial charge in [0.05, 0.1) is 28.7 Å². The van der Waals surface area contributed by atoms with Crippen LogP contribution in [0, 0.1) is 5.82 Å². The number of methoxy groups -OCH3 is 1. The average Bonchev–Trinajstić information content (AvgIpc) is 0.802. The number of halogens is 7. The van der Waals surface area contributed by atoms with Gasteiger partial charge in [-0.05, 0) is 172 Å². The van der Waals surface area contributed by atoms with E-state index in [1.807, 2.05) is 84.9 Å². The van der Waals surface area contributed by atoms with Crippen LogP contribution in [0.25, 0.3) is 89.2 Å². The maximum absolute atomic E-state index is 13.4. The summed E-state index contributed by atoms with van der Waals surface area (Å²) in [5, 5.41) is 15.5. The predicted molar refractivity (Wildman–Crippen MR) is 401 cm³/mol. The molecular formula is C81H75F7N8O11. The van der Waals surface area contributed by atoms with Gasteiger partial charge in [0, 0.05) is 173 Å². The number of hydrogen-bond acceptors (Lipinski definition) is 19. The van der Waals surface area contributed by atoms with E-state index in [9.17, 15) is 49.9 Å². The van der Waals surface area contributed by atoms with Crippen molar-refractivity contribution in [2.24, 2.45) is 0 Å². The number of anilines is 4. The highest BCUT2D eigenvalue weighted by Crippen LogP contribution is 2.34. The molecule has 19 nitrogen and oxygen atoms in total. The topological polar surface area (TPSA) is 210 Å². The van der Waals surface area contributed by atoms with Crippen LogP contribution in [0.1, 0.15) is 13.8 Å². The van der Waals surface area contributed by atoms with Crippen LogP contribution in [0.3, 0.4) is 0 Å². The van der Waals surface area contributed by atoms with Crippen LogP contribution < -0.4 is 76.8 Å². The van der Waals surface area contributed by atoms with Gasteiger partial charge in [-0.25, -0.2) is 4.39 Å². The standard InChI is InChI=1S/C21H19F3N2O3.C21H22N2O3.C20H17F3N2O3.C19H17FN2O2/c1-13-12-26(9-8-25-13)15-4-7-19-17(10-15)18(27)11-20(28-19)14-2-5-16(6-3-14)29-21(22,23)24;1-14-13-23(10-9-22-14)16-5-8-20-18(11-16)19(24)12-21(26-20)15-3-6-17(25-2)7-4-15;21-20(22,23)28-15-4-1-13(2-5-15)19-12-17(26)16-11-14(3-6-18(16)27-19)25-9-7-24-8-10-25;20-14-3-1-2-13(10-14)19-12-17(23)16-11-15(4-5-18(16)24-19)22-8-6-21-7-9-22/h2-7,10-11,13,25H,8-9,12H2,1H3;3-8,11-12,14,22H,9-10,13H2,1-2H3;1-6,11-12,24H,7-10H2;1-5,10-12,21H,6-9H2/t13-;14-;;/m00../s1. The van der Waals surface area contributed by atoms with Gasteiger partial charge in [0.1, 0.15) is 68.4 Å². The van der Waals surface area contributed by atoms with Crippen LogP contribution in [0.4, 0.5) is 53.5 Å². The lowest BCUT2D eigenvalue weighted by atomic mass is 10.1. The Morgan fingerprint density at radius 1 is 0.364 bits per heavy atom. The molecule has 0 radical (unpaired) electrons. The Labute approximate surface area is 608 Å². The Kier molecular flexibility index (Phi) is 22.4. The van der Waals surface area contributed by atoms with E-state index in [0.717, 1.165) is 126 Å². The molecule has 12 aromatic rings. The zero-order chi connectivity index (χ0) is 74.9. The number of nitrogens with zero attached hydrogens (tertiary/aromatic N) is 4. The molecule has 0 amide bonds. The number of alkyl halides is 6. The number of nitrogens with one attached hydrogen (secondary N) is 4. The molecule has 4 fully saturated rings. The van der Waals surface area contributed by atoms with Gasteiger partial charge in [-0.2, -0.15) is 0 Å². The minimum atomic E-state index is -4.75. The summed E-state index contributed by atoms with van der Waals surface area (Å²) in [5.41, 5.74) is 7.80. The molecule has 0 spiro atoms. The summed E-state index contributed by atoms with van der Waals surface area (Å²) in [6, 6.07) is 52.9. The normalized spacial score (nSPS) is 16.3. The Hall–Kier alpha value is -11.5. The van der Waals surface area contributed by atoms with Crippen molar-refractivity contribution in [3.8, 4) is 62.5 Å². The molecule has 4 aliphatic rings. The van der Waals surface area contributed by atoms with Gasteiger partial charge in [-0.1, -0.05) is 12.1 Å². The number of fused-ring (bicyclic) bond motifs is 4. The average molecular weight is 1470 g/mol. The second-order valence-corrected chi connectivity index (χ2v) is 26.1. The van der Waals surface area contributed by atoms with Crippen molar-refractivity contribution in [2.75, 3.05) is 118 Å². The van der Waals surface area contributed by atoms with E-state index in [1.54, 1.807) is 37.4 Å². The minimum absolute atomic E-state index is 0.0258. The van der Waals surface area contributed by atoms with Crippen molar-refractivity contribution < 1.29 is 62.6 Å². The first-order valence-electron chi connectivity index (χ1n) is 34.8. The van der Waals surface area contributed by atoms with E-state index in [2.05, 4.69) is 64.2 Å². The molecule has 554 valence electrons. The molecule has 0 aliphatic carbocycles. The van der Waals surface area contributed by atoms with Crippen molar-refractivity contribution >= 4 is 66.6 Å². The Balaban J connectivity index is 0.000000126. The molecule has 4 N–H and O–H groups in total. The lowest BCUT2D eigenvalue weighted by Gasteiger charge is -2.33. The van der Waals surface area contributed by atoms with Gasteiger partial charge in [0.2, 0.25) is 0 Å². The first-order chi connectivity index (χ1) is 51.5. The first-order valence-corrected chi connectivity index (χ1v) is 34.8. The fraction of sp³-hybridized carbons (Fsp3) is 0.259. The van der Waals surface area contributed by atoms with Crippen LogP contribution in [-0.4, -0.2) is 124 Å². The van der Waals surface area contributed by atoms with E-state index in [4.69, 9.17) is 22.4 Å². The lowest BCUT2D eigenvalue weighted by molar-refractivity contribution is -0.275. The van der Waals surface area contributed by atoms with Gasteiger partial charge < -0.3 is 72.7 Å². The molecule has 0 bridgehead atoms. The van der Waals surface area contributed by atoms with E-state index >= 15 is 0 Å². The molecule has 8 aromatic carbocycles. The van der Waals surface area contributed by atoms with Crippen molar-refractivity contribution in [2.45, 2.75) is 38.7 Å². The minimum Gasteiger partial charge on any atom is -0.497 e. The van der Waals surface area contributed by atoms with Crippen LogP contribution in [0.15, 0.2) is 231 Å². The molecule has 0 saturated carbocycles. The summed E-state index contributed by atoms with van der Waals surface area (Å²) in [6.07, 6.45) is -9.50. The fourth-order valence-corrected chi connectivity index (χ4v) is 13.2. The first kappa shape index (κ1) is 73.8. The summed E-state index contributed by atoms with van der Waals surface area (Å²) in [5.74, 6) is 1.25. The monoisotopic (exact) mass is 1470 g/mol. The van der Waals surface area contributed by atoms with Crippen molar-refractivity contribution in [1.82, 2.24) is 21.3 Å². The molecule has 8 heterocycles. The summed E-state index contributed by atoms with van der Waals surface area (Å²) in [4.78, 5) is 59.4. The number of ether oxygens (including phenoxy) is 3. The van der Waals surface area contributed by atoms with Crippen LogP contribution in [0.2, 0.25) is 0 Å². The smallest absolute Gasteiger partial charge is 0.497 e. The van der Waals surface area contributed by atoms with E-state index in [1.165, 1.54) is 78.9 Å². The van der Waals surface area contributed by atoms with Gasteiger partial charge in [-0.3, -0.25) is 19.2 Å². The molecule has 26 heteroatoms. The van der Waals surface area contributed by atoms with Crippen LogP contribution in [-0.2, 0) is 0 Å². The molecular weight excluding hydrogens is 1390 g/mol. The number of piperazine rings is 4. The third-order valence-corrected chi connectivity index (χ3v) is 18.5. The van der Waals surface area contributed by atoms with Gasteiger partial charge in [0.15, 0.2) is 21.7 Å². The summed E-state index contributed by atoms with van der Waals surface area (Å²) >= 11 is 0. The van der Waals surface area contributed by atoms with Crippen LogP contribution in [0.5, 0.6) is 17.2 Å². The maximum Gasteiger partial charge on any atom is 0.573 e. The number of hydrogen-bond donors (Lipinski definition) is 4. The summed E-state index contributed by atoms with van der Waals surface area (Å²) in [6.45, 7) is 16.9. The van der Waals surface area contributed by atoms with Crippen molar-refractivity contribution in [3.63, 3.8) is 0 Å². The fourth-order valence-electron chi connectivity index (χ4n) is 13.2. The van der Waals surface area contributed by atoms with E-state index < -0.39 is 12.7 Å². The van der Waals surface area contributed by atoms with Crippen molar-refractivity contribution in [3.05, 3.63) is 241 Å². The molecule has 0 unspecified atom stereocenters. The molecule has 2 atom stereocenters. The van der Waals surface area contributed by atoms with Crippen LogP contribution >= 0.6 is 0 Å². The number of benzene rings is 8. The Morgan fingerprint density at radius 2 is 0.673 bits per heavy atom. The zero-order valence-electron chi connectivity index (χ0n) is 58.5. The van der Waals surface area contributed by atoms with Gasteiger partial charge in [-0.15, -0.1) is 26.3 Å². The largest absolute Gasteiger partial charge is 0.573 e. The molecule has 4 saturated heterocycles. The second-order valence-electron chi connectivity index (χ2n) is 26.1. The Morgan fingerprint density at radius 3 is 0.981 bits per heavy atom. The van der Waals surface area contributed by atoms with Crippen molar-refractivity contribution in [1.29, 1.82) is 0 Å². The highest BCUT2D eigenvalue weighted by atomic mass is 19.4. The third kappa shape index (κ3) is 18.6. The molecule has 4 aliphatic heterocycles. The van der Waals surface area contributed by atoms with Gasteiger partial charge in [0.25, 0.3) is 0 Å². The molecule has 107 heavy (non-hydrogen) atoms. The maximum atomic E-state index is 13.4. The van der Waals surface area contributed by atoms with Gasteiger partial charge >= 0.3 is 12.7 Å². The molecule has 16 rings (SSSR count). The predicted octanol–water partition coefficient (Wildman–Crippen LogP) is 14.2. The third-order valence-electron chi connectivity index (χ3n) is 18.5. The lowest BCUT2D eigenvalue weighted by Crippen LogP contribution is -2.49. The quantitative estimate of drug-likeness (QED) is 0.0887. The zero-order valence-corrected chi connectivity index (χ0v) is 58.5. The highest BCUT2D eigenvalue weighted by Gasteiger charge is 2.32. The summed E-state index contributed by atoms with van der Waals surface area (Å²) < 4.78 is 123. The SMILES string of the molecule is COc1ccc(-c2cc(=O)c3cc(N4CCN[C@@H](C)C4)ccc3o2)cc1.C[C@H]1CN(c2ccc3oc(-c4ccc(OC(F)(F)F)cc4)cc(=O)c3c2)CCN1.O=c1cc(-c2ccc(OC(F)(F)F)cc2)oc2ccc(N3CCNCC3)cc12.O=c1cc(-c2cccc(F)c2)oc2ccc(N3CCNCC3)cc12. The Bertz CT molecular complexity index is 5370. The molecule has 4 aromatic heterocycles. The van der Waals surface area contributed by atoms with E-state index in [-0.39, 0.29) is 50.6 Å². The summed E-state index contributed by atoms with van der Waals surface area (Å²) in [7, 11) is 1.63. The second kappa shape index (κ2) is 32.5. The highest BCUT2D eigenvalue weighted by molar-refractivity contribution is 5.86.